The Labute approximate surface area is 188 Å². The minimum absolute atomic E-state index is 0.246. The summed E-state index contributed by atoms with van der Waals surface area (Å²) in [4.78, 5) is 5.23. The lowest BCUT2D eigenvalue weighted by Crippen LogP contribution is -2.40. The molecule has 0 saturated carbocycles. The third-order valence-corrected chi connectivity index (χ3v) is 6.39. The number of alkyl halides is 1. The van der Waals surface area contributed by atoms with E-state index in [9.17, 15) is 0 Å². The maximum atomic E-state index is 6.33. The van der Waals surface area contributed by atoms with Crippen LogP contribution in [0.2, 0.25) is 5.02 Å². The van der Waals surface area contributed by atoms with Gasteiger partial charge in [0.15, 0.2) is 0 Å². The monoisotopic (exact) mass is 478 g/mol. The highest BCUT2D eigenvalue weighted by Crippen LogP contribution is 2.44. The van der Waals surface area contributed by atoms with E-state index in [-0.39, 0.29) is 10.7 Å². The summed E-state index contributed by atoms with van der Waals surface area (Å²) in [7, 11) is 1.78. The van der Waals surface area contributed by atoms with Gasteiger partial charge in [0.25, 0.3) is 0 Å². The number of ether oxygens (including phenoxy) is 1. The van der Waals surface area contributed by atoms with Crippen LogP contribution < -0.4 is 5.32 Å². The predicted molar refractivity (Wildman–Crippen MR) is 128 cm³/mol. The van der Waals surface area contributed by atoms with Crippen molar-refractivity contribution in [2.75, 3.05) is 20.3 Å². The maximum Gasteiger partial charge on any atom is 0.0507 e. The summed E-state index contributed by atoms with van der Waals surface area (Å²) in [5.74, 6) is 0.836. The van der Waals surface area contributed by atoms with Crippen molar-refractivity contribution in [2.45, 2.75) is 56.3 Å². The van der Waals surface area contributed by atoms with Crippen molar-refractivity contribution < 1.29 is 4.74 Å². The van der Waals surface area contributed by atoms with E-state index in [2.05, 4.69) is 59.4 Å². The van der Waals surface area contributed by atoms with Crippen LogP contribution in [0, 0.1) is 5.92 Å². The zero-order valence-electron chi connectivity index (χ0n) is 17.6. The Bertz CT molecular complexity index is 787. The summed E-state index contributed by atoms with van der Waals surface area (Å²) in [6.45, 7) is 6.17. The molecule has 1 heterocycles. The normalized spacial score (nSPS) is 25.9. The van der Waals surface area contributed by atoms with Crippen LogP contribution >= 0.6 is 27.5 Å². The molecule has 0 aromatic heterocycles. The first-order chi connectivity index (χ1) is 14.0. The summed E-state index contributed by atoms with van der Waals surface area (Å²) in [6.07, 6.45) is 11.0. The molecule has 1 aromatic rings. The SMILES string of the molecule is COCCC[C@H]1CC(C2C(N=CC(C)Br)=C(C)C=Cc3cc(Cl)ccc32)CCN1. The fourth-order valence-corrected chi connectivity index (χ4v) is 4.84. The Morgan fingerprint density at radius 3 is 2.97 bits per heavy atom. The molecule has 1 N–H and O–H groups in total. The van der Waals surface area contributed by atoms with Crippen LogP contribution in [0.25, 0.3) is 6.08 Å². The Hall–Kier alpha value is -0.940. The smallest absolute Gasteiger partial charge is 0.0507 e. The molecule has 4 atom stereocenters. The number of hydrogen-bond acceptors (Lipinski definition) is 3. The maximum absolute atomic E-state index is 6.33. The Kier molecular flexibility index (Phi) is 8.55. The molecule has 1 fully saturated rings. The van der Waals surface area contributed by atoms with Crippen LogP contribution in [0.5, 0.6) is 0 Å². The van der Waals surface area contributed by atoms with Crippen molar-refractivity contribution in [3.8, 4) is 0 Å². The second-order valence-electron chi connectivity index (χ2n) is 8.18. The lowest BCUT2D eigenvalue weighted by atomic mass is 9.74. The van der Waals surface area contributed by atoms with Gasteiger partial charge in [-0.3, -0.25) is 4.99 Å². The third-order valence-electron chi connectivity index (χ3n) is 5.92. The zero-order chi connectivity index (χ0) is 20.8. The minimum Gasteiger partial charge on any atom is -0.385 e. The van der Waals surface area contributed by atoms with Gasteiger partial charge in [-0.25, -0.2) is 0 Å². The van der Waals surface area contributed by atoms with Crippen molar-refractivity contribution in [3.05, 3.63) is 51.7 Å². The molecule has 1 aliphatic carbocycles. The number of methoxy groups -OCH3 is 1. The first-order valence-corrected chi connectivity index (χ1v) is 11.9. The van der Waals surface area contributed by atoms with Crippen LogP contribution in [-0.2, 0) is 4.74 Å². The van der Waals surface area contributed by atoms with E-state index in [0.717, 1.165) is 43.9 Å². The van der Waals surface area contributed by atoms with Crippen molar-refractivity contribution in [2.24, 2.45) is 10.9 Å². The molecular formula is C24H32BrClN2O. The molecule has 29 heavy (non-hydrogen) atoms. The Morgan fingerprint density at radius 2 is 2.21 bits per heavy atom. The molecule has 158 valence electrons. The standard InChI is InChI=1S/C24H32BrClN2O/c1-16-6-7-18-13-20(26)8-9-22(18)23(24(16)28-15-17(2)25)19-10-11-27-21(14-19)5-4-12-29-3/h6-9,13,15,17,19,21,23,27H,4-5,10-12,14H2,1-3H3/t17?,19?,21-,23?/m0/s1. The lowest BCUT2D eigenvalue weighted by molar-refractivity contribution is 0.180. The van der Waals surface area contributed by atoms with Gasteiger partial charge in [-0.05, 0) is 80.8 Å². The number of rotatable bonds is 7. The van der Waals surface area contributed by atoms with Crippen LogP contribution in [0.3, 0.4) is 0 Å². The molecule has 3 nitrogen and oxygen atoms in total. The molecule has 0 amide bonds. The van der Waals surface area contributed by atoms with Crippen LogP contribution in [0.4, 0.5) is 0 Å². The van der Waals surface area contributed by atoms with E-state index in [1.807, 2.05) is 12.3 Å². The van der Waals surface area contributed by atoms with Gasteiger partial charge in [-0.1, -0.05) is 45.7 Å². The average Bonchev–Trinajstić information content (AvgIpc) is 2.83. The number of nitrogens with one attached hydrogen (secondary N) is 1. The highest BCUT2D eigenvalue weighted by atomic mass is 79.9. The van der Waals surface area contributed by atoms with E-state index in [1.54, 1.807) is 7.11 Å². The number of aliphatic imine (C=N–C) groups is 1. The van der Waals surface area contributed by atoms with Gasteiger partial charge < -0.3 is 10.1 Å². The van der Waals surface area contributed by atoms with E-state index in [1.165, 1.54) is 22.4 Å². The van der Waals surface area contributed by atoms with Crippen molar-refractivity contribution >= 4 is 39.8 Å². The number of nitrogens with zero attached hydrogens (tertiary/aromatic N) is 1. The van der Waals surface area contributed by atoms with Gasteiger partial charge in [0.2, 0.25) is 0 Å². The van der Waals surface area contributed by atoms with E-state index < -0.39 is 0 Å². The third kappa shape index (κ3) is 6.04. The molecule has 0 radical (unpaired) electrons. The van der Waals surface area contributed by atoms with Gasteiger partial charge >= 0.3 is 0 Å². The minimum atomic E-state index is 0.246. The molecule has 1 saturated heterocycles. The van der Waals surface area contributed by atoms with E-state index in [4.69, 9.17) is 21.3 Å². The molecule has 2 aliphatic rings. The first kappa shape index (κ1) is 22.7. The highest BCUT2D eigenvalue weighted by Gasteiger charge is 2.34. The van der Waals surface area contributed by atoms with Gasteiger partial charge in [0.05, 0.1) is 5.70 Å². The molecule has 3 rings (SSSR count). The number of benzene rings is 1. The fraction of sp³-hybridized carbons (Fsp3) is 0.542. The van der Waals surface area contributed by atoms with Crippen molar-refractivity contribution in [1.29, 1.82) is 0 Å². The Morgan fingerprint density at radius 1 is 1.38 bits per heavy atom. The van der Waals surface area contributed by atoms with Crippen LogP contribution in [-0.4, -0.2) is 37.3 Å². The molecule has 0 bridgehead atoms. The van der Waals surface area contributed by atoms with Gasteiger partial charge in [0.1, 0.15) is 0 Å². The van der Waals surface area contributed by atoms with Gasteiger partial charge in [-0.15, -0.1) is 0 Å². The largest absolute Gasteiger partial charge is 0.385 e. The molecule has 3 unspecified atom stereocenters. The van der Waals surface area contributed by atoms with Crippen molar-refractivity contribution in [3.63, 3.8) is 0 Å². The fourth-order valence-electron chi connectivity index (χ4n) is 4.54. The zero-order valence-corrected chi connectivity index (χ0v) is 20.0. The number of fused-ring (bicyclic) bond motifs is 1. The quantitative estimate of drug-likeness (QED) is 0.280. The second kappa shape index (κ2) is 10.9. The lowest BCUT2D eigenvalue weighted by Gasteiger charge is -2.36. The highest BCUT2D eigenvalue weighted by molar-refractivity contribution is 9.09. The molecule has 5 heteroatoms. The molecule has 1 aliphatic heterocycles. The van der Waals surface area contributed by atoms with E-state index >= 15 is 0 Å². The van der Waals surface area contributed by atoms with Crippen LogP contribution in [0.1, 0.15) is 56.6 Å². The average molecular weight is 480 g/mol. The van der Waals surface area contributed by atoms with Crippen LogP contribution in [0.15, 0.2) is 40.5 Å². The number of allylic oxidation sites excluding steroid dienone is 3. The van der Waals surface area contributed by atoms with Gasteiger partial charge in [-0.2, -0.15) is 0 Å². The molecular weight excluding hydrogens is 448 g/mol. The first-order valence-electron chi connectivity index (χ1n) is 10.6. The molecule has 0 spiro atoms. The number of halogens is 2. The molecule has 1 aromatic carbocycles. The summed E-state index contributed by atoms with van der Waals surface area (Å²) in [6, 6.07) is 6.86. The number of hydrogen-bond donors (Lipinski definition) is 1. The number of piperidine rings is 1. The topological polar surface area (TPSA) is 33.6 Å². The Balaban J connectivity index is 1.95. The second-order valence-corrected chi connectivity index (χ2v) is 10.1. The van der Waals surface area contributed by atoms with Crippen molar-refractivity contribution in [1.82, 2.24) is 5.32 Å². The van der Waals surface area contributed by atoms with E-state index in [0.29, 0.717) is 12.0 Å². The predicted octanol–water partition coefficient (Wildman–Crippen LogP) is 6.37. The summed E-state index contributed by atoms with van der Waals surface area (Å²) < 4.78 is 5.26. The summed E-state index contributed by atoms with van der Waals surface area (Å²) in [5, 5.41) is 4.50. The summed E-state index contributed by atoms with van der Waals surface area (Å²) in [5.41, 5.74) is 4.99. The van der Waals surface area contributed by atoms with Gasteiger partial charge in [0, 0.05) is 41.7 Å². The summed E-state index contributed by atoms with van der Waals surface area (Å²) >= 11 is 9.94.